The molecule has 1 aliphatic rings. The van der Waals surface area contributed by atoms with Gasteiger partial charge in [-0.3, -0.25) is 0 Å². The topological polar surface area (TPSA) is 38.7 Å². The Morgan fingerprint density at radius 2 is 2.33 bits per heavy atom. The summed E-state index contributed by atoms with van der Waals surface area (Å²) in [7, 11) is 1.64. The van der Waals surface area contributed by atoms with Crippen molar-refractivity contribution in [2.24, 2.45) is 0 Å². The Balaban J connectivity index is 2.06. The Kier molecular flexibility index (Phi) is 4.78. The molecule has 2 rings (SSSR count). The van der Waals surface area contributed by atoms with Crippen LogP contribution in [0.25, 0.3) is 0 Å². The lowest BCUT2D eigenvalue weighted by Gasteiger charge is -2.30. The van der Waals surface area contributed by atoms with Crippen LogP contribution in [-0.4, -0.2) is 30.3 Å². The van der Waals surface area contributed by atoms with Gasteiger partial charge in [-0.25, -0.2) is 0 Å². The lowest BCUT2D eigenvalue weighted by molar-refractivity contribution is 0.0614. The van der Waals surface area contributed by atoms with E-state index in [-0.39, 0.29) is 6.10 Å². The molecule has 100 valence electrons. The van der Waals surface area contributed by atoms with E-state index in [0.29, 0.717) is 6.42 Å². The van der Waals surface area contributed by atoms with Crippen molar-refractivity contribution in [3.05, 3.63) is 23.8 Å². The van der Waals surface area contributed by atoms with Gasteiger partial charge in [0.15, 0.2) is 0 Å². The highest BCUT2D eigenvalue weighted by Crippen LogP contribution is 2.38. The molecule has 0 radical (unpaired) electrons. The number of hydrogen-bond acceptors (Lipinski definition) is 4. The first-order valence-electron chi connectivity index (χ1n) is 6.26. The van der Waals surface area contributed by atoms with Crippen LogP contribution in [0.2, 0.25) is 0 Å². The van der Waals surface area contributed by atoms with Gasteiger partial charge in [0.25, 0.3) is 0 Å². The van der Waals surface area contributed by atoms with E-state index in [9.17, 15) is 5.11 Å². The molecule has 0 aliphatic carbocycles. The minimum absolute atomic E-state index is 0.117. The SMILES string of the molecule is COc1ccc2c(c1)OC(CCCSC)C[C@H]2O. The lowest BCUT2D eigenvalue weighted by Crippen LogP contribution is -2.25. The van der Waals surface area contributed by atoms with E-state index in [4.69, 9.17) is 9.47 Å². The van der Waals surface area contributed by atoms with Gasteiger partial charge in [-0.05, 0) is 37.0 Å². The van der Waals surface area contributed by atoms with Crippen LogP contribution in [-0.2, 0) is 0 Å². The first-order chi connectivity index (χ1) is 8.74. The van der Waals surface area contributed by atoms with Gasteiger partial charge in [0.1, 0.15) is 17.6 Å². The molecular formula is C14H20O3S. The van der Waals surface area contributed by atoms with Crippen molar-refractivity contribution in [1.29, 1.82) is 0 Å². The fourth-order valence-electron chi connectivity index (χ4n) is 2.25. The third-order valence-corrected chi connectivity index (χ3v) is 3.93. The summed E-state index contributed by atoms with van der Waals surface area (Å²) >= 11 is 1.84. The number of thioether (sulfide) groups is 1. The Bertz CT molecular complexity index is 395. The highest BCUT2D eigenvalue weighted by molar-refractivity contribution is 7.98. The first-order valence-corrected chi connectivity index (χ1v) is 7.65. The van der Waals surface area contributed by atoms with Crippen LogP contribution in [0.5, 0.6) is 11.5 Å². The predicted molar refractivity (Wildman–Crippen MR) is 74.6 cm³/mol. The lowest BCUT2D eigenvalue weighted by atomic mass is 9.97. The molecule has 1 aromatic rings. The summed E-state index contributed by atoms with van der Waals surface area (Å²) in [5.41, 5.74) is 0.872. The van der Waals surface area contributed by atoms with Crippen molar-refractivity contribution < 1.29 is 14.6 Å². The van der Waals surface area contributed by atoms with Crippen molar-refractivity contribution >= 4 is 11.8 Å². The average Bonchev–Trinajstić information content (AvgIpc) is 2.38. The molecule has 1 N–H and O–H groups in total. The normalized spacial score (nSPS) is 22.2. The predicted octanol–water partition coefficient (Wildman–Crippen LogP) is 3.02. The standard InChI is InChI=1S/C14H20O3S/c1-16-10-5-6-12-13(15)8-11(4-3-7-18-2)17-14(12)9-10/h5-6,9,11,13,15H,3-4,7-8H2,1-2H3/t11?,13-/m1/s1. The van der Waals surface area contributed by atoms with Crippen LogP contribution in [0.1, 0.15) is 30.9 Å². The number of aliphatic hydroxyl groups excluding tert-OH is 1. The van der Waals surface area contributed by atoms with Crippen molar-refractivity contribution in [3.8, 4) is 11.5 Å². The van der Waals surface area contributed by atoms with Gasteiger partial charge >= 0.3 is 0 Å². The number of benzene rings is 1. The van der Waals surface area contributed by atoms with Gasteiger partial charge in [0.2, 0.25) is 0 Å². The third kappa shape index (κ3) is 3.12. The number of rotatable bonds is 5. The van der Waals surface area contributed by atoms with Crippen LogP contribution in [0.15, 0.2) is 18.2 Å². The molecule has 0 fully saturated rings. The van der Waals surface area contributed by atoms with E-state index in [0.717, 1.165) is 35.7 Å². The maximum absolute atomic E-state index is 10.1. The van der Waals surface area contributed by atoms with E-state index in [1.807, 2.05) is 30.0 Å². The monoisotopic (exact) mass is 268 g/mol. The zero-order chi connectivity index (χ0) is 13.0. The molecule has 0 aromatic heterocycles. The fourth-order valence-corrected chi connectivity index (χ4v) is 2.71. The Morgan fingerprint density at radius 3 is 3.06 bits per heavy atom. The summed E-state index contributed by atoms with van der Waals surface area (Å²) in [5.74, 6) is 2.67. The van der Waals surface area contributed by atoms with E-state index in [1.165, 1.54) is 0 Å². The molecule has 4 heteroatoms. The van der Waals surface area contributed by atoms with Crippen LogP contribution < -0.4 is 9.47 Å². The quantitative estimate of drug-likeness (QED) is 0.833. The van der Waals surface area contributed by atoms with E-state index < -0.39 is 6.10 Å². The van der Waals surface area contributed by atoms with Gasteiger partial charge in [-0.15, -0.1) is 0 Å². The molecule has 1 unspecified atom stereocenters. The van der Waals surface area contributed by atoms with E-state index in [2.05, 4.69) is 6.26 Å². The number of hydrogen-bond donors (Lipinski definition) is 1. The first kappa shape index (κ1) is 13.6. The van der Waals surface area contributed by atoms with Gasteiger partial charge in [-0.2, -0.15) is 11.8 Å². The summed E-state index contributed by atoms with van der Waals surface area (Å²) in [4.78, 5) is 0. The highest BCUT2D eigenvalue weighted by Gasteiger charge is 2.26. The second-order valence-corrected chi connectivity index (χ2v) is 5.52. The fraction of sp³-hybridized carbons (Fsp3) is 0.571. The molecule has 3 nitrogen and oxygen atoms in total. The number of aliphatic hydroxyl groups is 1. The molecule has 2 atom stereocenters. The molecule has 18 heavy (non-hydrogen) atoms. The zero-order valence-corrected chi connectivity index (χ0v) is 11.7. The minimum atomic E-state index is -0.418. The molecule has 1 heterocycles. The zero-order valence-electron chi connectivity index (χ0n) is 10.9. The highest BCUT2D eigenvalue weighted by atomic mass is 32.2. The van der Waals surface area contributed by atoms with E-state index >= 15 is 0 Å². The number of methoxy groups -OCH3 is 1. The maximum Gasteiger partial charge on any atom is 0.129 e. The largest absolute Gasteiger partial charge is 0.497 e. The molecular weight excluding hydrogens is 248 g/mol. The van der Waals surface area contributed by atoms with Gasteiger partial charge in [0.05, 0.1) is 13.2 Å². The van der Waals surface area contributed by atoms with Crippen LogP contribution >= 0.6 is 11.8 Å². The molecule has 0 saturated heterocycles. The smallest absolute Gasteiger partial charge is 0.129 e. The van der Waals surface area contributed by atoms with Crippen molar-refractivity contribution in [3.63, 3.8) is 0 Å². The molecule has 1 aromatic carbocycles. The molecule has 1 aliphatic heterocycles. The summed E-state index contributed by atoms with van der Waals surface area (Å²) in [5, 5.41) is 10.1. The van der Waals surface area contributed by atoms with Crippen molar-refractivity contribution in [1.82, 2.24) is 0 Å². The van der Waals surface area contributed by atoms with Crippen molar-refractivity contribution in [2.75, 3.05) is 19.1 Å². The minimum Gasteiger partial charge on any atom is -0.497 e. The Labute approximate surface area is 112 Å². The third-order valence-electron chi connectivity index (χ3n) is 3.23. The average molecular weight is 268 g/mol. The molecule has 0 bridgehead atoms. The summed E-state index contributed by atoms with van der Waals surface area (Å²) in [6.45, 7) is 0. The molecule has 0 amide bonds. The van der Waals surface area contributed by atoms with Gasteiger partial charge in [0, 0.05) is 18.1 Å². The van der Waals surface area contributed by atoms with Gasteiger partial charge < -0.3 is 14.6 Å². The Hall–Kier alpha value is -0.870. The summed E-state index contributed by atoms with van der Waals surface area (Å²) in [6, 6.07) is 5.61. The summed E-state index contributed by atoms with van der Waals surface area (Å²) < 4.78 is 11.1. The number of fused-ring (bicyclic) bond motifs is 1. The molecule has 0 saturated carbocycles. The van der Waals surface area contributed by atoms with Gasteiger partial charge in [-0.1, -0.05) is 0 Å². The summed E-state index contributed by atoms with van der Waals surface area (Å²) in [6.07, 6.45) is 4.61. The van der Waals surface area contributed by atoms with E-state index in [1.54, 1.807) is 7.11 Å². The Morgan fingerprint density at radius 1 is 1.50 bits per heavy atom. The van der Waals surface area contributed by atoms with Crippen LogP contribution in [0.3, 0.4) is 0 Å². The second-order valence-electron chi connectivity index (χ2n) is 4.53. The molecule has 0 spiro atoms. The van der Waals surface area contributed by atoms with Crippen molar-refractivity contribution in [2.45, 2.75) is 31.5 Å². The maximum atomic E-state index is 10.1. The second kappa shape index (κ2) is 6.34. The number of ether oxygens (including phenoxy) is 2. The van der Waals surface area contributed by atoms with Crippen LogP contribution in [0, 0.1) is 0 Å². The van der Waals surface area contributed by atoms with Crippen LogP contribution in [0.4, 0.5) is 0 Å².